The minimum atomic E-state index is 0.813. The lowest BCUT2D eigenvalue weighted by Gasteiger charge is -2.33. The summed E-state index contributed by atoms with van der Waals surface area (Å²) in [4.78, 5) is 11.4. The van der Waals surface area contributed by atoms with Gasteiger partial charge in [0.1, 0.15) is 12.1 Å². The van der Waals surface area contributed by atoms with Crippen molar-refractivity contribution in [1.82, 2.24) is 25.1 Å². The first kappa shape index (κ1) is 16.0. The van der Waals surface area contributed by atoms with Crippen LogP contribution in [0.5, 0.6) is 0 Å². The van der Waals surface area contributed by atoms with Crippen molar-refractivity contribution in [3.05, 3.63) is 42.9 Å². The van der Waals surface area contributed by atoms with E-state index in [9.17, 15) is 0 Å². The summed E-state index contributed by atoms with van der Waals surface area (Å²) in [7, 11) is 2.02. The Morgan fingerprint density at radius 3 is 2.68 bits per heavy atom. The zero-order valence-electron chi connectivity index (χ0n) is 14.6. The first-order chi connectivity index (χ1) is 12.4. The summed E-state index contributed by atoms with van der Waals surface area (Å²) in [6, 6.07) is 10.1. The third kappa shape index (κ3) is 3.22. The van der Waals surface area contributed by atoms with E-state index in [-0.39, 0.29) is 0 Å². The average Bonchev–Trinajstić information content (AvgIpc) is 3.12. The maximum absolute atomic E-state index is 4.57. The molecule has 1 aromatic carbocycles. The number of fused-ring (bicyclic) bond motifs is 1. The summed E-state index contributed by atoms with van der Waals surface area (Å²) in [6.45, 7) is 3.21. The maximum Gasteiger partial charge on any atom is 0.168 e. The van der Waals surface area contributed by atoms with Gasteiger partial charge in [-0.3, -0.25) is 0 Å². The topological polar surface area (TPSA) is 58.9 Å². The highest BCUT2D eigenvalue weighted by Gasteiger charge is 2.22. The monoisotopic (exact) mass is 336 g/mol. The van der Waals surface area contributed by atoms with Crippen LogP contribution < -0.4 is 10.2 Å². The van der Waals surface area contributed by atoms with Crippen LogP contribution in [0.25, 0.3) is 16.7 Å². The van der Waals surface area contributed by atoms with Gasteiger partial charge < -0.3 is 10.2 Å². The number of benzene rings is 1. The number of anilines is 1. The lowest BCUT2D eigenvalue weighted by molar-refractivity contribution is 0.377. The molecule has 0 saturated carbocycles. The molecule has 0 spiro atoms. The van der Waals surface area contributed by atoms with Crippen LogP contribution in [0, 0.1) is 5.92 Å². The highest BCUT2D eigenvalue weighted by atomic mass is 15.3. The Bertz CT molecular complexity index is 820. The molecular weight excluding hydrogens is 312 g/mol. The van der Waals surface area contributed by atoms with Crippen LogP contribution in [-0.4, -0.2) is 46.4 Å². The second-order valence-corrected chi connectivity index (χ2v) is 6.65. The molecule has 1 aliphatic rings. The number of piperidine rings is 1. The van der Waals surface area contributed by atoms with Crippen LogP contribution in [0.1, 0.15) is 19.3 Å². The Kier molecular flexibility index (Phi) is 4.61. The molecule has 3 heterocycles. The zero-order chi connectivity index (χ0) is 17.1. The van der Waals surface area contributed by atoms with Gasteiger partial charge in [0.25, 0.3) is 0 Å². The lowest BCUT2D eigenvalue weighted by Crippen LogP contribution is -2.35. The van der Waals surface area contributed by atoms with Crippen LogP contribution >= 0.6 is 0 Å². The van der Waals surface area contributed by atoms with Crippen LogP contribution in [0.15, 0.2) is 42.9 Å². The fourth-order valence-electron chi connectivity index (χ4n) is 3.62. The Labute approximate surface area is 147 Å². The summed E-state index contributed by atoms with van der Waals surface area (Å²) in [5.41, 5.74) is 1.89. The fourth-order valence-corrected chi connectivity index (χ4v) is 3.62. The molecule has 6 heteroatoms. The van der Waals surface area contributed by atoms with E-state index in [0.717, 1.165) is 48.1 Å². The van der Waals surface area contributed by atoms with Crippen molar-refractivity contribution in [2.24, 2.45) is 5.92 Å². The molecule has 6 nitrogen and oxygen atoms in total. The molecule has 0 bridgehead atoms. The Morgan fingerprint density at radius 2 is 1.92 bits per heavy atom. The third-order valence-electron chi connectivity index (χ3n) is 5.06. The van der Waals surface area contributed by atoms with Gasteiger partial charge in [0, 0.05) is 13.1 Å². The van der Waals surface area contributed by atoms with E-state index in [0.29, 0.717) is 0 Å². The first-order valence-corrected chi connectivity index (χ1v) is 9.00. The Morgan fingerprint density at radius 1 is 1.12 bits per heavy atom. The number of nitrogens with zero attached hydrogens (tertiary/aromatic N) is 5. The minimum absolute atomic E-state index is 0.813. The maximum atomic E-state index is 4.57. The summed E-state index contributed by atoms with van der Waals surface area (Å²) < 4.78 is 1.89. The lowest BCUT2D eigenvalue weighted by atomic mass is 9.93. The molecule has 2 aromatic heterocycles. The molecule has 1 N–H and O–H groups in total. The summed E-state index contributed by atoms with van der Waals surface area (Å²) >= 11 is 0. The van der Waals surface area contributed by atoms with Crippen LogP contribution in [0.3, 0.4) is 0 Å². The number of rotatable bonds is 5. The van der Waals surface area contributed by atoms with Crippen molar-refractivity contribution < 1.29 is 0 Å². The summed E-state index contributed by atoms with van der Waals surface area (Å²) in [5.74, 6) is 1.83. The molecule has 1 aliphatic heterocycles. The molecule has 130 valence electrons. The van der Waals surface area contributed by atoms with Crippen molar-refractivity contribution in [2.45, 2.75) is 19.3 Å². The molecule has 0 atom stereocenters. The summed E-state index contributed by atoms with van der Waals surface area (Å²) in [6.07, 6.45) is 7.26. The van der Waals surface area contributed by atoms with Gasteiger partial charge in [-0.25, -0.2) is 14.6 Å². The zero-order valence-corrected chi connectivity index (χ0v) is 14.6. The van der Waals surface area contributed by atoms with Crippen molar-refractivity contribution in [3.8, 4) is 5.69 Å². The second-order valence-electron chi connectivity index (χ2n) is 6.65. The van der Waals surface area contributed by atoms with Crippen molar-refractivity contribution >= 4 is 16.9 Å². The molecule has 4 rings (SSSR count). The number of hydrogen-bond acceptors (Lipinski definition) is 5. The third-order valence-corrected chi connectivity index (χ3v) is 5.06. The molecule has 0 radical (unpaired) electrons. The van der Waals surface area contributed by atoms with Gasteiger partial charge in [0.05, 0.1) is 17.3 Å². The van der Waals surface area contributed by atoms with E-state index in [4.69, 9.17) is 0 Å². The average molecular weight is 336 g/mol. The number of aromatic nitrogens is 4. The molecule has 0 unspecified atom stereocenters. The quantitative estimate of drug-likeness (QED) is 0.776. The highest BCUT2D eigenvalue weighted by Crippen LogP contribution is 2.29. The first-order valence-electron chi connectivity index (χ1n) is 9.00. The molecule has 1 saturated heterocycles. The van der Waals surface area contributed by atoms with Crippen molar-refractivity contribution in [3.63, 3.8) is 0 Å². The predicted octanol–water partition coefficient (Wildman–Crippen LogP) is 2.64. The van der Waals surface area contributed by atoms with E-state index < -0.39 is 0 Å². The van der Waals surface area contributed by atoms with E-state index >= 15 is 0 Å². The van der Waals surface area contributed by atoms with E-state index in [1.54, 1.807) is 6.33 Å². The normalized spacial score (nSPS) is 15.8. The van der Waals surface area contributed by atoms with Gasteiger partial charge in [0.2, 0.25) is 0 Å². The molecule has 0 aliphatic carbocycles. The predicted molar refractivity (Wildman–Crippen MR) is 100 cm³/mol. The molecule has 0 amide bonds. The van der Waals surface area contributed by atoms with E-state index in [1.807, 2.05) is 48.3 Å². The smallest absolute Gasteiger partial charge is 0.168 e. The van der Waals surface area contributed by atoms with Crippen LogP contribution in [0.4, 0.5) is 5.82 Å². The molecule has 25 heavy (non-hydrogen) atoms. The Balaban J connectivity index is 1.59. The number of hydrogen-bond donors (Lipinski definition) is 1. The van der Waals surface area contributed by atoms with Gasteiger partial charge in [-0.15, -0.1) is 0 Å². The van der Waals surface area contributed by atoms with Crippen LogP contribution in [0.2, 0.25) is 0 Å². The molecule has 1 fully saturated rings. The number of nitrogens with one attached hydrogen (secondary N) is 1. The van der Waals surface area contributed by atoms with E-state index in [2.05, 4.69) is 25.3 Å². The summed E-state index contributed by atoms with van der Waals surface area (Å²) in [5, 5.41) is 8.84. The highest BCUT2D eigenvalue weighted by molar-refractivity contribution is 5.87. The van der Waals surface area contributed by atoms with Gasteiger partial charge in [-0.1, -0.05) is 18.2 Å². The van der Waals surface area contributed by atoms with Gasteiger partial charge in [0.15, 0.2) is 5.65 Å². The number of para-hydroxylation sites is 1. The molecule has 3 aromatic rings. The van der Waals surface area contributed by atoms with Crippen LogP contribution in [-0.2, 0) is 0 Å². The van der Waals surface area contributed by atoms with Crippen molar-refractivity contribution in [2.75, 3.05) is 31.6 Å². The van der Waals surface area contributed by atoms with E-state index in [1.165, 1.54) is 19.3 Å². The SMILES string of the molecule is CNCCC1CCN(c2ncnc3c2cnn3-c2ccccc2)CC1. The van der Waals surface area contributed by atoms with Gasteiger partial charge in [-0.05, 0) is 50.9 Å². The minimum Gasteiger partial charge on any atom is -0.356 e. The van der Waals surface area contributed by atoms with Crippen molar-refractivity contribution in [1.29, 1.82) is 0 Å². The molecular formula is C19H24N6. The fraction of sp³-hybridized carbons (Fsp3) is 0.421. The largest absolute Gasteiger partial charge is 0.356 e. The van der Waals surface area contributed by atoms with Gasteiger partial charge in [-0.2, -0.15) is 5.10 Å². The van der Waals surface area contributed by atoms with Gasteiger partial charge >= 0.3 is 0 Å². The second kappa shape index (κ2) is 7.19. The standard InChI is InChI=1S/C19H24N6/c1-20-10-7-15-8-11-24(12-9-15)18-17-13-23-25(19(17)22-14-21-18)16-5-3-2-4-6-16/h2-6,13-15,20H,7-12H2,1H3. The Hall–Kier alpha value is -2.47.